The van der Waals surface area contributed by atoms with E-state index >= 15 is 0 Å². The molecule has 1 saturated carbocycles. The average molecular weight is 328 g/mol. The van der Waals surface area contributed by atoms with Gasteiger partial charge in [0.2, 0.25) is 5.89 Å². The predicted octanol–water partition coefficient (Wildman–Crippen LogP) is 2.84. The minimum absolute atomic E-state index is 0.113. The van der Waals surface area contributed by atoms with Crippen molar-refractivity contribution in [2.24, 2.45) is 11.7 Å². The van der Waals surface area contributed by atoms with E-state index in [1.807, 2.05) is 39.0 Å². The van der Waals surface area contributed by atoms with Gasteiger partial charge in [-0.3, -0.25) is 4.79 Å². The Balaban J connectivity index is 1.79. The number of benzene rings is 1. The van der Waals surface area contributed by atoms with Gasteiger partial charge in [-0.2, -0.15) is 4.98 Å². The molecule has 2 aromatic rings. The zero-order valence-electron chi connectivity index (χ0n) is 14.4. The first-order chi connectivity index (χ1) is 11.4. The third-order valence-corrected chi connectivity index (χ3v) is 4.63. The van der Waals surface area contributed by atoms with Gasteiger partial charge >= 0.3 is 0 Å². The van der Waals surface area contributed by atoms with E-state index in [9.17, 15) is 4.79 Å². The molecule has 128 valence electrons. The van der Waals surface area contributed by atoms with E-state index in [-0.39, 0.29) is 17.9 Å². The van der Waals surface area contributed by atoms with Gasteiger partial charge in [0.15, 0.2) is 5.82 Å². The van der Waals surface area contributed by atoms with Crippen LogP contribution in [-0.4, -0.2) is 16.0 Å². The Kier molecular flexibility index (Phi) is 4.41. The van der Waals surface area contributed by atoms with Gasteiger partial charge in [0.25, 0.3) is 5.91 Å². The van der Waals surface area contributed by atoms with Gasteiger partial charge in [-0.1, -0.05) is 36.7 Å². The summed E-state index contributed by atoms with van der Waals surface area (Å²) in [5.74, 6) is 0.919. The SMILES string of the molecule is Cc1cccc(C(=O)NC(c2nc(C3(N)CCC3)no2)C(C)C)c1. The molecule has 1 aromatic heterocycles. The van der Waals surface area contributed by atoms with E-state index in [1.54, 1.807) is 6.07 Å². The highest BCUT2D eigenvalue weighted by atomic mass is 16.5. The van der Waals surface area contributed by atoms with Crippen molar-refractivity contribution in [3.63, 3.8) is 0 Å². The van der Waals surface area contributed by atoms with Gasteiger partial charge in [0.05, 0.1) is 5.54 Å². The number of rotatable bonds is 5. The molecule has 1 atom stereocenters. The summed E-state index contributed by atoms with van der Waals surface area (Å²) in [6.45, 7) is 5.97. The molecule has 1 amide bonds. The number of carbonyl (C=O) groups excluding carboxylic acids is 1. The molecule has 0 bridgehead atoms. The molecule has 1 fully saturated rings. The molecule has 3 rings (SSSR count). The second kappa shape index (κ2) is 6.36. The maximum Gasteiger partial charge on any atom is 0.251 e. The Labute approximate surface area is 141 Å². The van der Waals surface area contributed by atoms with Crippen LogP contribution in [-0.2, 0) is 5.54 Å². The molecule has 1 aliphatic rings. The summed E-state index contributed by atoms with van der Waals surface area (Å²) in [4.78, 5) is 17.0. The van der Waals surface area contributed by atoms with Crippen LogP contribution >= 0.6 is 0 Å². The first-order valence-electron chi connectivity index (χ1n) is 8.39. The standard InChI is InChI=1S/C18H24N4O2/c1-11(2)14(20-15(23)13-7-4-6-12(3)10-13)16-21-17(22-24-16)18(19)8-5-9-18/h4,6-7,10-11,14H,5,8-9,19H2,1-3H3,(H,20,23). The van der Waals surface area contributed by atoms with Crippen LogP contribution in [0.3, 0.4) is 0 Å². The molecule has 3 N–H and O–H groups in total. The van der Waals surface area contributed by atoms with Crippen LogP contribution in [0.5, 0.6) is 0 Å². The molecule has 1 heterocycles. The predicted molar refractivity (Wildman–Crippen MR) is 90.2 cm³/mol. The van der Waals surface area contributed by atoms with Crippen molar-refractivity contribution in [3.05, 3.63) is 47.1 Å². The summed E-state index contributed by atoms with van der Waals surface area (Å²) in [5.41, 5.74) is 7.44. The summed E-state index contributed by atoms with van der Waals surface area (Å²) in [6.07, 6.45) is 2.82. The second-order valence-electron chi connectivity index (χ2n) is 7.03. The van der Waals surface area contributed by atoms with Crippen molar-refractivity contribution in [2.75, 3.05) is 0 Å². The Morgan fingerprint density at radius 1 is 1.38 bits per heavy atom. The van der Waals surface area contributed by atoms with E-state index < -0.39 is 5.54 Å². The van der Waals surface area contributed by atoms with Crippen LogP contribution < -0.4 is 11.1 Å². The summed E-state index contributed by atoms with van der Waals surface area (Å²) < 4.78 is 5.41. The maximum atomic E-state index is 12.5. The third kappa shape index (κ3) is 3.19. The Morgan fingerprint density at radius 2 is 2.12 bits per heavy atom. The Hall–Kier alpha value is -2.21. The molecule has 6 nitrogen and oxygen atoms in total. The van der Waals surface area contributed by atoms with E-state index in [0.717, 1.165) is 24.8 Å². The molecule has 1 aliphatic carbocycles. The highest BCUT2D eigenvalue weighted by molar-refractivity contribution is 5.94. The molecule has 0 radical (unpaired) electrons. The number of aromatic nitrogens is 2. The lowest BCUT2D eigenvalue weighted by Gasteiger charge is -2.34. The summed E-state index contributed by atoms with van der Waals surface area (Å²) in [6, 6.07) is 7.13. The summed E-state index contributed by atoms with van der Waals surface area (Å²) in [5, 5.41) is 7.05. The molecule has 1 aromatic carbocycles. The normalized spacial score (nSPS) is 17.4. The van der Waals surface area contributed by atoms with Gasteiger partial charge in [0, 0.05) is 5.56 Å². The largest absolute Gasteiger partial charge is 0.340 e. The third-order valence-electron chi connectivity index (χ3n) is 4.63. The quantitative estimate of drug-likeness (QED) is 0.880. The zero-order chi connectivity index (χ0) is 17.3. The molecule has 0 saturated heterocycles. The van der Waals surface area contributed by atoms with Gasteiger partial charge in [-0.25, -0.2) is 0 Å². The molecular weight excluding hydrogens is 304 g/mol. The van der Waals surface area contributed by atoms with Gasteiger partial charge in [-0.15, -0.1) is 0 Å². The smallest absolute Gasteiger partial charge is 0.251 e. The van der Waals surface area contributed by atoms with Crippen LogP contribution in [0.4, 0.5) is 0 Å². The molecule has 0 spiro atoms. The van der Waals surface area contributed by atoms with Gasteiger partial charge < -0.3 is 15.6 Å². The maximum absolute atomic E-state index is 12.5. The zero-order valence-corrected chi connectivity index (χ0v) is 14.4. The lowest BCUT2D eigenvalue weighted by molar-refractivity contribution is 0.0914. The van der Waals surface area contributed by atoms with Crippen molar-refractivity contribution in [3.8, 4) is 0 Å². The topological polar surface area (TPSA) is 94.0 Å². The number of nitrogens with one attached hydrogen (secondary N) is 1. The van der Waals surface area contributed by atoms with Crippen molar-refractivity contribution >= 4 is 5.91 Å². The molecule has 6 heteroatoms. The lowest BCUT2D eigenvalue weighted by Crippen LogP contribution is -2.44. The van der Waals surface area contributed by atoms with Crippen molar-refractivity contribution in [1.82, 2.24) is 15.5 Å². The number of nitrogens with zero attached hydrogens (tertiary/aromatic N) is 2. The van der Waals surface area contributed by atoms with Crippen LogP contribution in [0.15, 0.2) is 28.8 Å². The van der Waals surface area contributed by atoms with Crippen molar-refractivity contribution in [1.29, 1.82) is 0 Å². The fourth-order valence-electron chi connectivity index (χ4n) is 2.87. The van der Waals surface area contributed by atoms with E-state index in [0.29, 0.717) is 17.3 Å². The van der Waals surface area contributed by atoms with E-state index in [4.69, 9.17) is 10.3 Å². The number of hydrogen-bond donors (Lipinski definition) is 2. The lowest BCUT2D eigenvalue weighted by atomic mass is 9.77. The second-order valence-corrected chi connectivity index (χ2v) is 7.03. The fraction of sp³-hybridized carbons (Fsp3) is 0.500. The Bertz CT molecular complexity index is 734. The fourth-order valence-corrected chi connectivity index (χ4v) is 2.87. The van der Waals surface area contributed by atoms with Crippen molar-refractivity contribution < 1.29 is 9.32 Å². The number of hydrogen-bond acceptors (Lipinski definition) is 5. The van der Waals surface area contributed by atoms with Gasteiger partial charge in [-0.05, 0) is 44.2 Å². The molecule has 1 unspecified atom stereocenters. The number of carbonyl (C=O) groups is 1. The Morgan fingerprint density at radius 3 is 2.71 bits per heavy atom. The molecular formula is C18H24N4O2. The summed E-state index contributed by atoms with van der Waals surface area (Å²) >= 11 is 0. The monoisotopic (exact) mass is 328 g/mol. The van der Waals surface area contributed by atoms with Crippen LogP contribution in [0.1, 0.15) is 66.8 Å². The number of nitrogens with two attached hydrogens (primary N) is 1. The van der Waals surface area contributed by atoms with Crippen LogP contribution in [0.25, 0.3) is 0 Å². The van der Waals surface area contributed by atoms with Crippen LogP contribution in [0.2, 0.25) is 0 Å². The first-order valence-corrected chi connectivity index (χ1v) is 8.39. The van der Waals surface area contributed by atoms with E-state index in [2.05, 4.69) is 15.5 Å². The molecule has 0 aliphatic heterocycles. The number of amides is 1. The minimum Gasteiger partial charge on any atom is -0.340 e. The number of aryl methyl sites for hydroxylation is 1. The first kappa shape index (κ1) is 16.6. The van der Waals surface area contributed by atoms with E-state index in [1.165, 1.54) is 0 Å². The van der Waals surface area contributed by atoms with Crippen molar-refractivity contribution in [2.45, 2.75) is 51.6 Å². The van der Waals surface area contributed by atoms with Gasteiger partial charge in [0.1, 0.15) is 6.04 Å². The summed E-state index contributed by atoms with van der Waals surface area (Å²) in [7, 11) is 0. The minimum atomic E-state index is -0.468. The highest BCUT2D eigenvalue weighted by Gasteiger charge is 2.39. The van der Waals surface area contributed by atoms with Crippen LogP contribution in [0, 0.1) is 12.8 Å². The molecule has 24 heavy (non-hydrogen) atoms. The average Bonchev–Trinajstić information content (AvgIpc) is 2.99. The highest BCUT2D eigenvalue weighted by Crippen LogP contribution is 2.37.